The average Bonchev–Trinajstić information content (AvgIpc) is 2.37. The second-order valence-electron chi connectivity index (χ2n) is 3.99. The van der Waals surface area contributed by atoms with Gasteiger partial charge in [-0.1, -0.05) is 35.3 Å². The van der Waals surface area contributed by atoms with Gasteiger partial charge in [0.25, 0.3) is 0 Å². The third-order valence-corrected chi connectivity index (χ3v) is 3.83. The Balaban J connectivity index is 2.24. The fraction of sp³-hybridized carbons (Fsp3) is 0.500. The van der Waals surface area contributed by atoms with Crippen molar-refractivity contribution in [3.63, 3.8) is 0 Å². The molecule has 1 saturated heterocycles. The van der Waals surface area contributed by atoms with E-state index in [0.29, 0.717) is 23.3 Å². The van der Waals surface area contributed by atoms with E-state index in [1.807, 2.05) is 12.1 Å². The first kappa shape index (κ1) is 13.1. The summed E-state index contributed by atoms with van der Waals surface area (Å²) in [7, 11) is 0. The van der Waals surface area contributed by atoms with Crippen molar-refractivity contribution < 1.29 is 9.84 Å². The minimum Gasteiger partial charge on any atom is -0.394 e. The van der Waals surface area contributed by atoms with Crippen molar-refractivity contribution in [3.05, 3.63) is 33.8 Å². The number of morpholine rings is 1. The molecule has 0 bridgehead atoms. The molecule has 0 saturated carbocycles. The number of nitrogens with zero attached hydrogens (tertiary/aromatic N) is 1. The molecule has 5 heteroatoms. The van der Waals surface area contributed by atoms with Gasteiger partial charge >= 0.3 is 0 Å². The molecule has 1 aliphatic heterocycles. The predicted molar refractivity (Wildman–Crippen MR) is 68.7 cm³/mol. The van der Waals surface area contributed by atoms with Crippen LogP contribution in [0.25, 0.3) is 0 Å². The Hall–Kier alpha value is -0.320. The van der Waals surface area contributed by atoms with Crippen molar-refractivity contribution >= 4 is 23.2 Å². The fourth-order valence-electron chi connectivity index (χ4n) is 2.08. The molecule has 2 rings (SSSR count). The van der Waals surface area contributed by atoms with E-state index in [0.717, 1.165) is 18.7 Å². The van der Waals surface area contributed by atoms with Crippen LogP contribution in [0.5, 0.6) is 0 Å². The summed E-state index contributed by atoms with van der Waals surface area (Å²) < 4.78 is 5.30. The van der Waals surface area contributed by atoms with Crippen LogP contribution in [-0.2, 0) is 4.74 Å². The lowest BCUT2D eigenvalue weighted by Gasteiger charge is -2.34. The molecule has 1 fully saturated rings. The first-order chi connectivity index (χ1) is 8.24. The normalized spacial score (nSPS) is 19.2. The molecule has 0 radical (unpaired) electrons. The topological polar surface area (TPSA) is 32.7 Å². The average molecular weight is 276 g/mol. The summed E-state index contributed by atoms with van der Waals surface area (Å²) >= 11 is 12.2. The van der Waals surface area contributed by atoms with Gasteiger partial charge in [-0.15, -0.1) is 0 Å². The Bertz CT molecular complexity index is 381. The zero-order valence-corrected chi connectivity index (χ0v) is 10.9. The van der Waals surface area contributed by atoms with Crippen LogP contribution in [0.2, 0.25) is 10.0 Å². The van der Waals surface area contributed by atoms with Crippen LogP contribution < -0.4 is 0 Å². The fourth-order valence-corrected chi connectivity index (χ4v) is 2.51. The predicted octanol–water partition coefficient (Wildman–Crippen LogP) is 2.36. The van der Waals surface area contributed by atoms with Gasteiger partial charge in [-0.3, -0.25) is 4.90 Å². The molecule has 3 nitrogen and oxygen atoms in total. The highest BCUT2D eigenvalue weighted by atomic mass is 35.5. The largest absolute Gasteiger partial charge is 0.394 e. The van der Waals surface area contributed by atoms with E-state index in [4.69, 9.17) is 27.9 Å². The van der Waals surface area contributed by atoms with Crippen LogP contribution in [0.3, 0.4) is 0 Å². The summed E-state index contributed by atoms with van der Waals surface area (Å²) in [6.45, 7) is 3.01. The van der Waals surface area contributed by atoms with Gasteiger partial charge in [0.15, 0.2) is 0 Å². The number of hydrogen-bond donors (Lipinski definition) is 1. The van der Waals surface area contributed by atoms with Crippen molar-refractivity contribution in [1.82, 2.24) is 4.90 Å². The van der Waals surface area contributed by atoms with Crippen molar-refractivity contribution in [2.45, 2.75) is 6.04 Å². The Kier molecular flexibility index (Phi) is 4.65. The number of hydrogen-bond acceptors (Lipinski definition) is 3. The van der Waals surface area contributed by atoms with E-state index < -0.39 is 0 Å². The molecule has 1 aromatic rings. The lowest BCUT2D eigenvalue weighted by atomic mass is 10.1. The molecule has 1 aliphatic rings. The van der Waals surface area contributed by atoms with Crippen molar-refractivity contribution in [2.24, 2.45) is 0 Å². The molecule has 1 heterocycles. The molecule has 0 aliphatic carbocycles. The summed E-state index contributed by atoms with van der Waals surface area (Å²) in [5, 5.41) is 10.6. The summed E-state index contributed by atoms with van der Waals surface area (Å²) in [5.41, 5.74) is 0.878. The standard InChI is InChI=1S/C12H15Cl2NO2/c13-10-3-1-2-9(12(10)14)11(8-16)15-4-6-17-7-5-15/h1-3,11,16H,4-8H2/t11-/m0/s1. The van der Waals surface area contributed by atoms with E-state index in [1.165, 1.54) is 0 Å². The van der Waals surface area contributed by atoms with E-state index in [9.17, 15) is 5.11 Å². The molecule has 1 atom stereocenters. The van der Waals surface area contributed by atoms with Gasteiger partial charge < -0.3 is 9.84 Å². The first-order valence-electron chi connectivity index (χ1n) is 5.60. The van der Waals surface area contributed by atoms with Crippen LogP contribution >= 0.6 is 23.2 Å². The SMILES string of the molecule is OC[C@@H](c1cccc(Cl)c1Cl)N1CCOCC1. The van der Waals surface area contributed by atoms with Crippen LogP contribution in [0, 0.1) is 0 Å². The van der Waals surface area contributed by atoms with E-state index >= 15 is 0 Å². The Morgan fingerprint density at radius 3 is 2.65 bits per heavy atom. The summed E-state index contributed by atoms with van der Waals surface area (Å²) in [6.07, 6.45) is 0. The highest BCUT2D eigenvalue weighted by Gasteiger charge is 2.24. The molecule has 0 aromatic heterocycles. The van der Waals surface area contributed by atoms with Gasteiger partial charge in [0.1, 0.15) is 0 Å². The maximum atomic E-state index is 9.56. The first-order valence-corrected chi connectivity index (χ1v) is 6.36. The van der Waals surface area contributed by atoms with E-state index in [-0.39, 0.29) is 12.6 Å². The minimum absolute atomic E-state index is 0.0278. The monoisotopic (exact) mass is 275 g/mol. The second-order valence-corrected chi connectivity index (χ2v) is 4.77. The van der Waals surface area contributed by atoms with Gasteiger partial charge in [-0.25, -0.2) is 0 Å². The second kappa shape index (κ2) is 6.03. The Morgan fingerprint density at radius 1 is 1.29 bits per heavy atom. The van der Waals surface area contributed by atoms with Gasteiger partial charge in [-0.05, 0) is 11.6 Å². The van der Waals surface area contributed by atoms with Crippen molar-refractivity contribution in [3.8, 4) is 0 Å². The Morgan fingerprint density at radius 2 is 2.00 bits per heavy atom. The molecule has 0 amide bonds. The third kappa shape index (κ3) is 2.92. The van der Waals surface area contributed by atoms with E-state index in [1.54, 1.807) is 6.07 Å². The molecule has 0 spiro atoms. The summed E-state index contributed by atoms with van der Waals surface area (Å²) in [4.78, 5) is 2.17. The zero-order valence-electron chi connectivity index (χ0n) is 9.40. The van der Waals surface area contributed by atoms with Crippen molar-refractivity contribution in [2.75, 3.05) is 32.9 Å². The number of benzene rings is 1. The molecular formula is C12H15Cl2NO2. The zero-order chi connectivity index (χ0) is 12.3. The van der Waals surface area contributed by atoms with E-state index in [2.05, 4.69) is 4.90 Å². The number of aliphatic hydroxyl groups is 1. The quantitative estimate of drug-likeness (QED) is 0.920. The lowest BCUT2D eigenvalue weighted by Crippen LogP contribution is -2.40. The van der Waals surface area contributed by atoms with Gasteiger partial charge in [0.05, 0.1) is 35.9 Å². The maximum Gasteiger partial charge on any atom is 0.0641 e. The summed E-state index contributed by atoms with van der Waals surface area (Å²) in [5.74, 6) is 0. The van der Waals surface area contributed by atoms with Crippen molar-refractivity contribution in [1.29, 1.82) is 0 Å². The van der Waals surface area contributed by atoms with Gasteiger partial charge in [0.2, 0.25) is 0 Å². The number of halogens is 2. The van der Waals surface area contributed by atoms with Crippen LogP contribution in [0.15, 0.2) is 18.2 Å². The molecule has 1 aromatic carbocycles. The molecule has 17 heavy (non-hydrogen) atoms. The smallest absolute Gasteiger partial charge is 0.0641 e. The number of rotatable bonds is 3. The molecule has 94 valence electrons. The number of ether oxygens (including phenoxy) is 1. The summed E-state index contributed by atoms with van der Waals surface area (Å²) in [6, 6.07) is 5.41. The van der Waals surface area contributed by atoms with Crippen LogP contribution in [-0.4, -0.2) is 42.9 Å². The van der Waals surface area contributed by atoms with Crippen LogP contribution in [0.1, 0.15) is 11.6 Å². The maximum absolute atomic E-state index is 9.56. The lowest BCUT2D eigenvalue weighted by molar-refractivity contribution is 0.00262. The minimum atomic E-state index is -0.106. The molecular weight excluding hydrogens is 261 g/mol. The molecule has 1 N–H and O–H groups in total. The van der Waals surface area contributed by atoms with Gasteiger partial charge in [0, 0.05) is 13.1 Å². The highest BCUT2D eigenvalue weighted by molar-refractivity contribution is 6.42. The number of aliphatic hydroxyl groups excluding tert-OH is 1. The highest BCUT2D eigenvalue weighted by Crippen LogP contribution is 2.32. The molecule has 0 unspecified atom stereocenters. The Labute approximate surface area is 111 Å². The van der Waals surface area contributed by atoms with Crippen LogP contribution in [0.4, 0.5) is 0 Å². The third-order valence-electron chi connectivity index (χ3n) is 3.00. The van der Waals surface area contributed by atoms with Gasteiger partial charge in [-0.2, -0.15) is 0 Å².